The predicted molar refractivity (Wildman–Crippen MR) is 93.6 cm³/mol. The van der Waals surface area contributed by atoms with Crippen LogP contribution in [0.3, 0.4) is 0 Å². The molecule has 0 bridgehead atoms. The van der Waals surface area contributed by atoms with Crippen molar-refractivity contribution in [3.05, 3.63) is 53.7 Å². The van der Waals surface area contributed by atoms with Gasteiger partial charge in [0.05, 0.1) is 19.3 Å². The molecule has 24 heavy (non-hydrogen) atoms. The number of hydrogen-bond acceptors (Lipinski definition) is 5. The van der Waals surface area contributed by atoms with Crippen LogP contribution in [0.2, 0.25) is 0 Å². The SMILES string of the molecule is COCCNC(=O)c1ccc(NCCc2cccc(OC)c2)nc1. The van der Waals surface area contributed by atoms with E-state index in [1.165, 1.54) is 5.56 Å². The summed E-state index contributed by atoms with van der Waals surface area (Å²) in [6.45, 7) is 1.72. The molecule has 0 saturated carbocycles. The van der Waals surface area contributed by atoms with E-state index in [9.17, 15) is 4.79 Å². The van der Waals surface area contributed by atoms with Crippen LogP contribution in [0.15, 0.2) is 42.6 Å². The van der Waals surface area contributed by atoms with Crippen LogP contribution in [0.25, 0.3) is 0 Å². The molecular weight excluding hydrogens is 306 g/mol. The van der Waals surface area contributed by atoms with Crippen molar-refractivity contribution in [2.75, 3.05) is 39.2 Å². The topological polar surface area (TPSA) is 72.5 Å². The summed E-state index contributed by atoms with van der Waals surface area (Å²) in [5.74, 6) is 1.45. The molecule has 1 aromatic carbocycles. The first-order valence-electron chi connectivity index (χ1n) is 7.83. The highest BCUT2D eigenvalue weighted by Crippen LogP contribution is 2.13. The first-order chi connectivity index (χ1) is 11.7. The van der Waals surface area contributed by atoms with E-state index >= 15 is 0 Å². The molecule has 1 amide bonds. The van der Waals surface area contributed by atoms with Crippen LogP contribution < -0.4 is 15.4 Å². The van der Waals surface area contributed by atoms with Gasteiger partial charge < -0.3 is 20.1 Å². The lowest BCUT2D eigenvalue weighted by atomic mass is 10.1. The average molecular weight is 329 g/mol. The molecule has 1 aromatic heterocycles. The van der Waals surface area contributed by atoms with Crippen molar-refractivity contribution >= 4 is 11.7 Å². The zero-order chi connectivity index (χ0) is 17.2. The maximum absolute atomic E-state index is 11.9. The summed E-state index contributed by atoms with van der Waals surface area (Å²) in [7, 11) is 3.26. The van der Waals surface area contributed by atoms with Crippen molar-refractivity contribution in [3.63, 3.8) is 0 Å². The van der Waals surface area contributed by atoms with Gasteiger partial charge in [0.2, 0.25) is 0 Å². The third kappa shape index (κ3) is 5.55. The van der Waals surface area contributed by atoms with Crippen molar-refractivity contribution in [1.82, 2.24) is 10.3 Å². The van der Waals surface area contributed by atoms with E-state index in [2.05, 4.69) is 21.7 Å². The molecule has 0 atom stereocenters. The molecule has 0 fully saturated rings. The molecule has 1 heterocycles. The number of nitrogens with zero attached hydrogens (tertiary/aromatic N) is 1. The fraction of sp³-hybridized carbons (Fsp3) is 0.333. The Labute approximate surface area is 142 Å². The molecule has 6 heteroatoms. The molecule has 2 aromatic rings. The highest BCUT2D eigenvalue weighted by atomic mass is 16.5. The van der Waals surface area contributed by atoms with Gasteiger partial charge >= 0.3 is 0 Å². The fourth-order valence-corrected chi connectivity index (χ4v) is 2.16. The van der Waals surface area contributed by atoms with Gasteiger partial charge in [0.15, 0.2) is 0 Å². The number of nitrogens with one attached hydrogen (secondary N) is 2. The molecule has 6 nitrogen and oxygen atoms in total. The van der Waals surface area contributed by atoms with E-state index in [0.717, 1.165) is 24.5 Å². The number of benzene rings is 1. The maximum Gasteiger partial charge on any atom is 0.252 e. The molecule has 2 N–H and O–H groups in total. The van der Waals surface area contributed by atoms with E-state index < -0.39 is 0 Å². The van der Waals surface area contributed by atoms with Crippen molar-refractivity contribution in [3.8, 4) is 5.75 Å². The highest BCUT2D eigenvalue weighted by molar-refractivity contribution is 5.94. The summed E-state index contributed by atoms with van der Waals surface area (Å²) in [6.07, 6.45) is 2.42. The molecule has 128 valence electrons. The van der Waals surface area contributed by atoms with Gasteiger partial charge in [0.25, 0.3) is 5.91 Å². The third-order valence-electron chi connectivity index (χ3n) is 3.47. The minimum atomic E-state index is -0.150. The number of hydrogen-bond donors (Lipinski definition) is 2. The number of aromatic nitrogens is 1. The van der Waals surface area contributed by atoms with Gasteiger partial charge in [0.1, 0.15) is 11.6 Å². The Morgan fingerprint density at radius 2 is 2.04 bits per heavy atom. The Hall–Kier alpha value is -2.60. The van der Waals surface area contributed by atoms with Gasteiger partial charge in [-0.25, -0.2) is 4.98 Å². The molecular formula is C18H23N3O3. The Balaban J connectivity index is 1.80. The lowest BCUT2D eigenvalue weighted by molar-refractivity contribution is 0.0937. The van der Waals surface area contributed by atoms with E-state index in [0.29, 0.717) is 18.7 Å². The highest BCUT2D eigenvalue weighted by Gasteiger charge is 2.05. The van der Waals surface area contributed by atoms with Crippen LogP contribution in [0.5, 0.6) is 5.75 Å². The van der Waals surface area contributed by atoms with Gasteiger partial charge in [0, 0.05) is 26.4 Å². The minimum absolute atomic E-state index is 0.150. The van der Waals surface area contributed by atoms with Crippen molar-refractivity contribution in [2.45, 2.75) is 6.42 Å². The number of anilines is 1. The Bertz CT molecular complexity index is 644. The van der Waals surface area contributed by atoms with Gasteiger partial charge in [-0.3, -0.25) is 4.79 Å². The monoisotopic (exact) mass is 329 g/mol. The Kier molecular flexibility index (Phi) is 7.04. The zero-order valence-corrected chi connectivity index (χ0v) is 14.0. The molecule has 0 aliphatic heterocycles. The molecule has 0 aliphatic carbocycles. The average Bonchev–Trinajstić information content (AvgIpc) is 2.62. The van der Waals surface area contributed by atoms with Gasteiger partial charge in [-0.1, -0.05) is 12.1 Å². The quantitative estimate of drug-likeness (QED) is 0.690. The molecule has 0 aliphatic rings. The molecule has 2 rings (SSSR count). The molecule has 0 radical (unpaired) electrons. The summed E-state index contributed by atoms with van der Waals surface area (Å²) in [4.78, 5) is 16.1. The lowest BCUT2D eigenvalue weighted by Crippen LogP contribution is -2.27. The number of carbonyl (C=O) groups is 1. The van der Waals surface area contributed by atoms with E-state index in [4.69, 9.17) is 9.47 Å². The second-order valence-corrected chi connectivity index (χ2v) is 5.21. The number of ether oxygens (including phenoxy) is 2. The second kappa shape index (κ2) is 9.52. The maximum atomic E-state index is 11.9. The standard InChI is InChI=1S/C18H23N3O3/c1-23-11-10-20-18(22)15-6-7-17(21-13-15)19-9-8-14-4-3-5-16(12-14)24-2/h3-7,12-13H,8-11H2,1-2H3,(H,19,21)(H,20,22). The molecule has 0 spiro atoms. The number of pyridine rings is 1. The number of carbonyl (C=O) groups excluding carboxylic acids is 1. The van der Waals surface area contributed by atoms with Gasteiger partial charge in [-0.15, -0.1) is 0 Å². The van der Waals surface area contributed by atoms with E-state index in [1.807, 2.05) is 18.2 Å². The predicted octanol–water partition coefficient (Wildman–Crippen LogP) is 2.12. The molecule has 0 saturated heterocycles. The summed E-state index contributed by atoms with van der Waals surface area (Å²) < 4.78 is 10.1. The summed E-state index contributed by atoms with van der Waals surface area (Å²) in [5.41, 5.74) is 1.72. The minimum Gasteiger partial charge on any atom is -0.497 e. The van der Waals surface area contributed by atoms with Gasteiger partial charge in [-0.2, -0.15) is 0 Å². The smallest absolute Gasteiger partial charge is 0.252 e. The largest absolute Gasteiger partial charge is 0.497 e. The lowest BCUT2D eigenvalue weighted by Gasteiger charge is -2.08. The second-order valence-electron chi connectivity index (χ2n) is 5.21. The zero-order valence-electron chi connectivity index (χ0n) is 14.0. The molecule has 0 unspecified atom stereocenters. The van der Waals surface area contributed by atoms with E-state index in [1.54, 1.807) is 32.5 Å². The summed E-state index contributed by atoms with van der Waals surface area (Å²) in [6, 6.07) is 11.5. The fourth-order valence-electron chi connectivity index (χ4n) is 2.16. The first kappa shape index (κ1) is 17.7. The number of methoxy groups -OCH3 is 2. The van der Waals surface area contributed by atoms with Crippen molar-refractivity contribution < 1.29 is 14.3 Å². The third-order valence-corrected chi connectivity index (χ3v) is 3.47. The Morgan fingerprint density at radius 3 is 2.75 bits per heavy atom. The van der Waals surface area contributed by atoms with Crippen molar-refractivity contribution in [1.29, 1.82) is 0 Å². The number of amides is 1. The normalized spacial score (nSPS) is 10.2. The van der Waals surface area contributed by atoms with Crippen LogP contribution in [-0.2, 0) is 11.2 Å². The van der Waals surface area contributed by atoms with Crippen LogP contribution in [0.4, 0.5) is 5.82 Å². The first-order valence-corrected chi connectivity index (χ1v) is 7.83. The van der Waals surface area contributed by atoms with Crippen LogP contribution in [0.1, 0.15) is 15.9 Å². The van der Waals surface area contributed by atoms with Crippen LogP contribution >= 0.6 is 0 Å². The summed E-state index contributed by atoms with van der Waals surface area (Å²) >= 11 is 0. The Morgan fingerprint density at radius 1 is 1.17 bits per heavy atom. The van der Waals surface area contributed by atoms with E-state index in [-0.39, 0.29) is 5.91 Å². The summed E-state index contributed by atoms with van der Waals surface area (Å²) in [5, 5.41) is 6.00. The van der Waals surface area contributed by atoms with Crippen LogP contribution in [-0.4, -0.2) is 44.8 Å². The van der Waals surface area contributed by atoms with Crippen LogP contribution in [0, 0.1) is 0 Å². The van der Waals surface area contributed by atoms with Gasteiger partial charge in [-0.05, 0) is 36.2 Å². The number of rotatable bonds is 9. The van der Waals surface area contributed by atoms with Crippen molar-refractivity contribution in [2.24, 2.45) is 0 Å².